The third-order valence-corrected chi connectivity index (χ3v) is 3.83. The SMILES string of the molecule is CCNC(c1ccc(Br)cc1)C(C)(C)CC. The maximum absolute atomic E-state index is 3.59. The van der Waals surface area contributed by atoms with Gasteiger partial charge in [0.1, 0.15) is 0 Å². The second-order valence-electron chi connectivity index (χ2n) is 4.88. The third-order valence-electron chi connectivity index (χ3n) is 3.30. The number of rotatable bonds is 5. The van der Waals surface area contributed by atoms with Crippen molar-refractivity contribution in [2.75, 3.05) is 6.54 Å². The fourth-order valence-electron chi connectivity index (χ4n) is 1.91. The van der Waals surface area contributed by atoms with Crippen molar-refractivity contribution in [3.05, 3.63) is 34.3 Å². The van der Waals surface area contributed by atoms with E-state index >= 15 is 0 Å². The molecule has 0 aliphatic heterocycles. The van der Waals surface area contributed by atoms with Gasteiger partial charge in [-0.1, -0.05) is 55.8 Å². The van der Waals surface area contributed by atoms with E-state index in [1.807, 2.05) is 0 Å². The molecule has 1 aromatic carbocycles. The van der Waals surface area contributed by atoms with Gasteiger partial charge in [0.15, 0.2) is 0 Å². The molecule has 1 unspecified atom stereocenters. The molecule has 0 aromatic heterocycles. The monoisotopic (exact) mass is 283 g/mol. The van der Waals surface area contributed by atoms with Gasteiger partial charge < -0.3 is 5.32 Å². The van der Waals surface area contributed by atoms with Crippen molar-refractivity contribution in [3.63, 3.8) is 0 Å². The van der Waals surface area contributed by atoms with Crippen LogP contribution in [0, 0.1) is 5.41 Å². The summed E-state index contributed by atoms with van der Waals surface area (Å²) < 4.78 is 1.14. The molecule has 0 aliphatic rings. The Hall–Kier alpha value is -0.340. The highest BCUT2D eigenvalue weighted by molar-refractivity contribution is 9.10. The Labute approximate surface area is 108 Å². The number of halogens is 1. The number of nitrogens with one attached hydrogen (secondary N) is 1. The van der Waals surface area contributed by atoms with Crippen LogP contribution in [0.4, 0.5) is 0 Å². The van der Waals surface area contributed by atoms with Crippen molar-refractivity contribution < 1.29 is 0 Å². The van der Waals surface area contributed by atoms with Crippen LogP contribution in [0.1, 0.15) is 45.7 Å². The third kappa shape index (κ3) is 3.33. The summed E-state index contributed by atoms with van der Waals surface area (Å²) >= 11 is 3.48. The minimum atomic E-state index is 0.282. The highest BCUT2D eigenvalue weighted by atomic mass is 79.9. The molecule has 0 spiro atoms. The highest BCUT2D eigenvalue weighted by Crippen LogP contribution is 2.36. The van der Waals surface area contributed by atoms with Crippen molar-refractivity contribution in [3.8, 4) is 0 Å². The van der Waals surface area contributed by atoms with E-state index in [1.54, 1.807) is 0 Å². The molecule has 0 fully saturated rings. The molecule has 0 saturated heterocycles. The van der Waals surface area contributed by atoms with Gasteiger partial charge in [-0.2, -0.15) is 0 Å². The quantitative estimate of drug-likeness (QED) is 0.837. The van der Waals surface area contributed by atoms with Crippen molar-refractivity contribution in [1.29, 1.82) is 0 Å². The number of hydrogen-bond acceptors (Lipinski definition) is 1. The van der Waals surface area contributed by atoms with Crippen LogP contribution in [0.15, 0.2) is 28.7 Å². The summed E-state index contributed by atoms with van der Waals surface area (Å²) in [7, 11) is 0. The molecular formula is C14H22BrN. The molecule has 2 heteroatoms. The van der Waals surface area contributed by atoms with E-state index in [0.29, 0.717) is 6.04 Å². The van der Waals surface area contributed by atoms with Gasteiger partial charge >= 0.3 is 0 Å². The molecular weight excluding hydrogens is 262 g/mol. The fraction of sp³-hybridized carbons (Fsp3) is 0.571. The molecule has 0 bridgehead atoms. The fourth-order valence-corrected chi connectivity index (χ4v) is 2.17. The first-order chi connectivity index (χ1) is 7.51. The Morgan fingerprint density at radius 1 is 1.19 bits per heavy atom. The van der Waals surface area contributed by atoms with Gasteiger partial charge in [0.25, 0.3) is 0 Å². The molecule has 1 aromatic rings. The molecule has 90 valence electrons. The first-order valence-electron chi connectivity index (χ1n) is 6.00. The molecule has 16 heavy (non-hydrogen) atoms. The second-order valence-corrected chi connectivity index (χ2v) is 5.80. The van der Waals surface area contributed by atoms with Crippen LogP contribution in [0.2, 0.25) is 0 Å². The Bertz CT molecular complexity index is 316. The lowest BCUT2D eigenvalue weighted by Crippen LogP contribution is -2.33. The minimum Gasteiger partial charge on any atom is -0.310 e. The van der Waals surface area contributed by atoms with E-state index in [1.165, 1.54) is 12.0 Å². The Kier molecular flexibility index (Phi) is 5.00. The van der Waals surface area contributed by atoms with E-state index in [2.05, 4.69) is 73.2 Å². The molecule has 0 aliphatic carbocycles. The van der Waals surface area contributed by atoms with E-state index in [9.17, 15) is 0 Å². The van der Waals surface area contributed by atoms with Crippen LogP contribution < -0.4 is 5.32 Å². The van der Waals surface area contributed by atoms with Crippen LogP contribution in [-0.2, 0) is 0 Å². The van der Waals surface area contributed by atoms with Crippen LogP contribution in [0.25, 0.3) is 0 Å². The number of benzene rings is 1. The lowest BCUT2D eigenvalue weighted by atomic mass is 9.78. The van der Waals surface area contributed by atoms with Crippen LogP contribution in [0.5, 0.6) is 0 Å². The Morgan fingerprint density at radius 3 is 2.19 bits per heavy atom. The molecule has 0 radical (unpaired) electrons. The average Bonchev–Trinajstić information content (AvgIpc) is 2.27. The summed E-state index contributed by atoms with van der Waals surface area (Å²) in [6.07, 6.45) is 1.17. The second kappa shape index (κ2) is 5.83. The standard InChI is InChI=1S/C14H22BrN/c1-5-14(3,4)13(16-6-2)11-7-9-12(15)10-8-11/h7-10,13,16H,5-6H2,1-4H3. The zero-order chi connectivity index (χ0) is 12.2. The van der Waals surface area contributed by atoms with Crippen molar-refractivity contribution in [1.82, 2.24) is 5.32 Å². The van der Waals surface area contributed by atoms with Crippen LogP contribution in [-0.4, -0.2) is 6.54 Å². The lowest BCUT2D eigenvalue weighted by molar-refractivity contribution is 0.237. The molecule has 0 heterocycles. The van der Waals surface area contributed by atoms with E-state index in [-0.39, 0.29) is 5.41 Å². The van der Waals surface area contributed by atoms with Crippen molar-refractivity contribution in [2.24, 2.45) is 5.41 Å². The summed E-state index contributed by atoms with van der Waals surface area (Å²) in [6.45, 7) is 10.1. The Morgan fingerprint density at radius 2 is 1.75 bits per heavy atom. The summed E-state index contributed by atoms with van der Waals surface area (Å²) in [5.41, 5.74) is 1.65. The molecule has 1 rings (SSSR count). The highest BCUT2D eigenvalue weighted by Gasteiger charge is 2.28. The van der Waals surface area contributed by atoms with Gasteiger partial charge in [-0.3, -0.25) is 0 Å². The van der Waals surface area contributed by atoms with Crippen molar-refractivity contribution >= 4 is 15.9 Å². The van der Waals surface area contributed by atoms with Gasteiger partial charge in [-0.25, -0.2) is 0 Å². The maximum atomic E-state index is 3.59. The summed E-state index contributed by atoms with van der Waals surface area (Å²) in [5.74, 6) is 0. The van der Waals surface area contributed by atoms with Gasteiger partial charge in [0.2, 0.25) is 0 Å². The predicted molar refractivity (Wildman–Crippen MR) is 74.6 cm³/mol. The average molecular weight is 284 g/mol. The largest absolute Gasteiger partial charge is 0.310 e. The molecule has 0 amide bonds. The summed E-state index contributed by atoms with van der Waals surface area (Å²) in [6, 6.07) is 9.07. The topological polar surface area (TPSA) is 12.0 Å². The summed E-state index contributed by atoms with van der Waals surface area (Å²) in [4.78, 5) is 0. The zero-order valence-electron chi connectivity index (χ0n) is 10.7. The van der Waals surface area contributed by atoms with Crippen LogP contribution >= 0.6 is 15.9 Å². The first kappa shape index (κ1) is 13.7. The molecule has 1 N–H and O–H groups in total. The maximum Gasteiger partial charge on any atom is 0.0371 e. The van der Waals surface area contributed by atoms with Crippen molar-refractivity contribution in [2.45, 2.75) is 40.2 Å². The Balaban J connectivity index is 2.97. The first-order valence-corrected chi connectivity index (χ1v) is 6.79. The van der Waals surface area contributed by atoms with Gasteiger partial charge in [0, 0.05) is 10.5 Å². The van der Waals surface area contributed by atoms with E-state index in [0.717, 1.165) is 11.0 Å². The molecule has 1 nitrogen and oxygen atoms in total. The lowest BCUT2D eigenvalue weighted by Gasteiger charge is -2.34. The molecule has 1 atom stereocenters. The minimum absolute atomic E-state index is 0.282. The predicted octanol–water partition coefficient (Wildman–Crippen LogP) is 4.54. The zero-order valence-corrected chi connectivity index (χ0v) is 12.3. The van der Waals surface area contributed by atoms with Gasteiger partial charge in [-0.15, -0.1) is 0 Å². The smallest absolute Gasteiger partial charge is 0.0371 e. The number of hydrogen-bond donors (Lipinski definition) is 1. The van der Waals surface area contributed by atoms with Gasteiger partial charge in [-0.05, 0) is 36.1 Å². The van der Waals surface area contributed by atoms with E-state index < -0.39 is 0 Å². The summed E-state index contributed by atoms with van der Waals surface area (Å²) in [5, 5.41) is 3.59. The van der Waals surface area contributed by atoms with E-state index in [4.69, 9.17) is 0 Å². The normalized spacial score (nSPS) is 13.8. The van der Waals surface area contributed by atoms with Gasteiger partial charge in [0.05, 0.1) is 0 Å². The van der Waals surface area contributed by atoms with Crippen LogP contribution in [0.3, 0.4) is 0 Å². The molecule has 0 saturated carbocycles.